The van der Waals surface area contributed by atoms with Gasteiger partial charge in [-0.05, 0) is 6.42 Å². The molecule has 0 aromatic carbocycles. The summed E-state index contributed by atoms with van der Waals surface area (Å²) in [6, 6.07) is 0. The van der Waals surface area contributed by atoms with Crippen molar-refractivity contribution in [3.63, 3.8) is 0 Å². The van der Waals surface area contributed by atoms with Crippen LogP contribution >= 0.6 is 0 Å². The van der Waals surface area contributed by atoms with Gasteiger partial charge in [-0.2, -0.15) is 0 Å². The van der Waals surface area contributed by atoms with Crippen molar-refractivity contribution in [3.05, 3.63) is 0 Å². The van der Waals surface area contributed by atoms with Gasteiger partial charge in [0.2, 0.25) is 0 Å². The summed E-state index contributed by atoms with van der Waals surface area (Å²) in [5, 5.41) is 9.84. The molecule has 0 aromatic rings. The lowest BCUT2D eigenvalue weighted by Crippen LogP contribution is -3.00. The highest BCUT2D eigenvalue weighted by molar-refractivity contribution is 4.56. The van der Waals surface area contributed by atoms with E-state index in [-0.39, 0.29) is 10.8 Å². The molecule has 112 valence electrons. The number of hydrogen-bond acceptors (Lipinski definition) is 1. The van der Waals surface area contributed by atoms with Crippen molar-refractivity contribution in [2.45, 2.75) is 70.8 Å². The first-order valence-corrected chi connectivity index (χ1v) is 7.44. The highest BCUT2D eigenvalue weighted by Gasteiger charge is 2.11. The fourth-order valence-corrected chi connectivity index (χ4v) is 2.02. The van der Waals surface area contributed by atoms with E-state index in [2.05, 4.69) is 28.1 Å². The lowest BCUT2D eigenvalue weighted by atomic mass is 10.0. The van der Waals surface area contributed by atoms with Crippen LogP contribution in [0.4, 0.5) is 0 Å². The van der Waals surface area contributed by atoms with Crippen molar-refractivity contribution >= 4 is 0 Å². The second-order valence-electron chi connectivity index (χ2n) is 6.37. The predicted octanol–water partition coefficient (Wildman–Crippen LogP) is 0.588. The van der Waals surface area contributed by atoms with Crippen LogP contribution in [-0.4, -0.2) is 43.4 Å². The summed E-state index contributed by atoms with van der Waals surface area (Å²) in [5.74, 6) is 0. The van der Waals surface area contributed by atoms with Gasteiger partial charge in [0.1, 0.15) is 0 Å². The van der Waals surface area contributed by atoms with E-state index in [0.29, 0.717) is 0 Å². The largest absolute Gasteiger partial charge is 1.00 e. The molecule has 0 aromatic heterocycles. The third-order valence-electron chi connectivity index (χ3n) is 3.27. The molecule has 0 bridgehead atoms. The Balaban J connectivity index is 0. The first kappa shape index (κ1) is 20.2. The molecular formula is C15H34FNO. The summed E-state index contributed by atoms with van der Waals surface area (Å²) < 4.78 is 0.952. The van der Waals surface area contributed by atoms with Gasteiger partial charge in [-0.15, -0.1) is 0 Å². The highest BCUT2D eigenvalue weighted by Crippen LogP contribution is 2.11. The molecule has 0 heterocycles. The third-order valence-corrected chi connectivity index (χ3v) is 3.27. The maximum absolute atomic E-state index is 9.84. The molecule has 0 radical (unpaired) electrons. The van der Waals surface area contributed by atoms with Gasteiger partial charge in [0.05, 0.1) is 33.8 Å². The van der Waals surface area contributed by atoms with Crippen LogP contribution in [0.3, 0.4) is 0 Å². The second-order valence-corrected chi connectivity index (χ2v) is 6.37. The molecule has 3 heteroatoms. The average Bonchev–Trinajstić information content (AvgIpc) is 2.24. The smallest absolute Gasteiger partial charge is 0.0805 e. The fraction of sp³-hybridized carbons (Fsp3) is 1.00. The summed E-state index contributed by atoms with van der Waals surface area (Å²) in [6.07, 6.45) is 11.2. The Labute approximate surface area is 113 Å². The van der Waals surface area contributed by atoms with Crippen LogP contribution in [0.1, 0.15) is 64.7 Å². The van der Waals surface area contributed by atoms with Gasteiger partial charge in [-0.1, -0.05) is 51.9 Å². The number of aliphatic hydroxyl groups excluding tert-OH is 1. The fourth-order valence-electron chi connectivity index (χ4n) is 2.02. The van der Waals surface area contributed by atoms with E-state index in [0.717, 1.165) is 23.9 Å². The molecule has 0 rings (SSSR count). The molecule has 1 unspecified atom stereocenters. The zero-order valence-corrected chi connectivity index (χ0v) is 12.9. The van der Waals surface area contributed by atoms with Gasteiger partial charge < -0.3 is 14.3 Å². The zero-order chi connectivity index (χ0) is 13.1. The molecule has 0 saturated heterocycles. The Morgan fingerprint density at radius 2 is 1.33 bits per heavy atom. The Hall–Kier alpha value is -0.150. The number of quaternary nitrogens is 1. The summed E-state index contributed by atoms with van der Waals surface area (Å²) in [4.78, 5) is 0. The molecule has 0 aliphatic rings. The summed E-state index contributed by atoms with van der Waals surface area (Å²) in [5.41, 5.74) is 0. The van der Waals surface area contributed by atoms with E-state index in [9.17, 15) is 5.11 Å². The molecule has 18 heavy (non-hydrogen) atoms. The quantitative estimate of drug-likeness (QED) is 0.427. The van der Waals surface area contributed by atoms with E-state index in [1.165, 1.54) is 44.9 Å². The number of halogens is 1. The molecule has 1 atom stereocenters. The van der Waals surface area contributed by atoms with Crippen molar-refractivity contribution < 1.29 is 14.3 Å². The Bertz CT molecular complexity index is 168. The van der Waals surface area contributed by atoms with Crippen LogP contribution in [0.15, 0.2) is 0 Å². The molecule has 0 aliphatic heterocycles. The standard InChI is InChI=1S/C15H34NO.FH/c1-5-6-7-8-9-10-11-12-15(17)13-14-16(2,3)4;/h15,17H,5-14H2,1-4H3;1H/q+1;/p-1. The minimum atomic E-state index is -0.0806. The maximum Gasteiger partial charge on any atom is 0.0805 e. The van der Waals surface area contributed by atoms with E-state index in [1.54, 1.807) is 0 Å². The maximum atomic E-state index is 9.84. The molecule has 0 fully saturated rings. The minimum Gasteiger partial charge on any atom is -1.00 e. The Morgan fingerprint density at radius 1 is 0.833 bits per heavy atom. The molecular weight excluding hydrogens is 229 g/mol. The summed E-state index contributed by atoms with van der Waals surface area (Å²) in [6.45, 7) is 3.32. The van der Waals surface area contributed by atoms with E-state index in [1.807, 2.05) is 0 Å². The second kappa shape index (κ2) is 11.9. The third kappa shape index (κ3) is 15.9. The van der Waals surface area contributed by atoms with Crippen LogP contribution in [0, 0.1) is 0 Å². The number of hydrogen-bond donors (Lipinski definition) is 1. The van der Waals surface area contributed by atoms with Crippen molar-refractivity contribution in [1.82, 2.24) is 0 Å². The topological polar surface area (TPSA) is 20.2 Å². The van der Waals surface area contributed by atoms with Gasteiger partial charge in [-0.25, -0.2) is 0 Å². The Kier molecular flexibility index (Phi) is 13.4. The number of unbranched alkanes of at least 4 members (excludes halogenated alkanes) is 6. The van der Waals surface area contributed by atoms with Crippen molar-refractivity contribution in [2.75, 3.05) is 27.7 Å². The van der Waals surface area contributed by atoms with Gasteiger partial charge in [0.25, 0.3) is 0 Å². The molecule has 1 N–H and O–H groups in total. The van der Waals surface area contributed by atoms with Gasteiger partial charge in [0.15, 0.2) is 0 Å². The molecule has 2 nitrogen and oxygen atoms in total. The Morgan fingerprint density at radius 3 is 1.83 bits per heavy atom. The molecule has 0 amide bonds. The number of nitrogens with zero attached hydrogens (tertiary/aromatic N) is 1. The van der Waals surface area contributed by atoms with Crippen LogP contribution in [-0.2, 0) is 0 Å². The molecule has 0 aliphatic carbocycles. The zero-order valence-electron chi connectivity index (χ0n) is 12.9. The van der Waals surface area contributed by atoms with Crippen LogP contribution < -0.4 is 4.70 Å². The first-order chi connectivity index (χ1) is 7.95. The van der Waals surface area contributed by atoms with E-state index >= 15 is 0 Å². The van der Waals surface area contributed by atoms with Crippen molar-refractivity contribution in [1.29, 1.82) is 0 Å². The SMILES string of the molecule is CCCCCCCCCC(O)CC[N+](C)(C)C.[F-]. The van der Waals surface area contributed by atoms with Crippen molar-refractivity contribution in [2.24, 2.45) is 0 Å². The van der Waals surface area contributed by atoms with Gasteiger partial charge in [0, 0.05) is 6.42 Å². The predicted molar refractivity (Wildman–Crippen MR) is 76.1 cm³/mol. The summed E-state index contributed by atoms with van der Waals surface area (Å²) >= 11 is 0. The minimum absolute atomic E-state index is 0. The normalized spacial score (nSPS) is 13.2. The van der Waals surface area contributed by atoms with Crippen LogP contribution in [0.25, 0.3) is 0 Å². The lowest BCUT2D eigenvalue weighted by Gasteiger charge is -2.25. The van der Waals surface area contributed by atoms with Crippen LogP contribution in [0.2, 0.25) is 0 Å². The molecule has 0 spiro atoms. The number of rotatable bonds is 11. The summed E-state index contributed by atoms with van der Waals surface area (Å²) in [7, 11) is 6.54. The first-order valence-electron chi connectivity index (χ1n) is 7.44. The van der Waals surface area contributed by atoms with Gasteiger partial charge in [-0.3, -0.25) is 0 Å². The monoisotopic (exact) mass is 263 g/mol. The van der Waals surface area contributed by atoms with Crippen LogP contribution in [0.5, 0.6) is 0 Å². The van der Waals surface area contributed by atoms with Gasteiger partial charge >= 0.3 is 0 Å². The van der Waals surface area contributed by atoms with E-state index < -0.39 is 0 Å². The van der Waals surface area contributed by atoms with E-state index in [4.69, 9.17) is 0 Å². The van der Waals surface area contributed by atoms with Crippen molar-refractivity contribution in [3.8, 4) is 0 Å². The average molecular weight is 263 g/mol. The highest BCUT2D eigenvalue weighted by atomic mass is 19.0. The molecule has 0 saturated carbocycles. The lowest BCUT2D eigenvalue weighted by molar-refractivity contribution is -0.870. The number of aliphatic hydroxyl groups is 1.